The van der Waals surface area contributed by atoms with Crippen LogP contribution in [0.25, 0.3) is 0 Å². The fraction of sp³-hybridized carbons (Fsp3) is 0.286. The molecule has 0 saturated heterocycles. The molecular weight excluding hydrogens is 146 g/mol. The van der Waals surface area contributed by atoms with Gasteiger partial charge in [0.2, 0.25) is 0 Å². The number of nitrogens with one attached hydrogen (secondary N) is 1. The summed E-state index contributed by atoms with van der Waals surface area (Å²) in [5, 5.41) is 8.49. The largest absolute Gasteiger partial charge is 0.477 e. The predicted octanol–water partition coefficient (Wildman–Crippen LogP) is 0.859. The van der Waals surface area contributed by atoms with E-state index >= 15 is 0 Å². The lowest BCUT2D eigenvalue weighted by Gasteiger charge is -1.89. The minimum absolute atomic E-state index is 0.192. The molecule has 0 amide bonds. The molecule has 0 aromatic carbocycles. The summed E-state index contributed by atoms with van der Waals surface area (Å²) in [5.41, 5.74) is 1.03. The average molecular weight is 155 g/mol. The van der Waals surface area contributed by atoms with Crippen molar-refractivity contribution in [2.45, 2.75) is 6.61 Å². The number of aromatic carboxylic acids is 1. The number of hydrogen-bond acceptors (Lipinski definition) is 2. The fourth-order valence-corrected chi connectivity index (χ4v) is 0.813. The highest BCUT2D eigenvalue weighted by Gasteiger charge is 2.04. The lowest BCUT2D eigenvalue weighted by molar-refractivity contribution is 0.0691. The van der Waals surface area contributed by atoms with Gasteiger partial charge in [-0.2, -0.15) is 0 Å². The molecule has 0 aliphatic heterocycles. The highest BCUT2D eigenvalue weighted by Crippen LogP contribution is 2.03. The van der Waals surface area contributed by atoms with Gasteiger partial charge < -0.3 is 14.8 Å². The standard InChI is InChI=1S/C7H9NO3/c1-11-4-5-2-6(7(9)10)8-3-5/h2-3,8H,4H2,1H3,(H,9,10). The molecule has 0 spiro atoms. The zero-order valence-electron chi connectivity index (χ0n) is 6.13. The SMILES string of the molecule is COCc1c[nH]c(C(=O)O)c1. The van der Waals surface area contributed by atoms with E-state index < -0.39 is 5.97 Å². The molecule has 2 N–H and O–H groups in total. The maximum Gasteiger partial charge on any atom is 0.352 e. The number of rotatable bonds is 3. The molecule has 1 heterocycles. The van der Waals surface area contributed by atoms with Crippen LogP contribution < -0.4 is 0 Å². The minimum Gasteiger partial charge on any atom is -0.477 e. The Kier molecular flexibility index (Phi) is 2.28. The Morgan fingerprint density at radius 3 is 3.00 bits per heavy atom. The van der Waals surface area contributed by atoms with E-state index in [0.29, 0.717) is 6.61 Å². The number of H-pyrrole nitrogens is 1. The Hall–Kier alpha value is -1.29. The van der Waals surface area contributed by atoms with Crippen LogP contribution in [0.1, 0.15) is 16.1 Å². The Labute approximate surface area is 63.8 Å². The van der Waals surface area contributed by atoms with Crippen LogP contribution in [-0.4, -0.2) is 23.2 Å². The molecule has 0 unspecified atom stereocenters. The van der Waals surface area contributed by atoms with Crippen molar-refractivity contribution in [2.24, 2.45) is 0 Å². The van der Waals surface area contributed by atoms with E-state index in [-0.39, 0.29) is 5.69 Å². The number of aromatic amines is 1. The van der Waals surface area contributed by atoms with Gasteiger partial charge in [0.15, 0.2) is 0 Å². The summed E-state index contributed by atoms with van der Waals surface area (Å²) >= 11 is 0. The van der Waals surface area contributed by atoms with E-state index in [1.807, 2.05) is 0 Å². The Bertz CT molecular complexity index is 254. The van der Waals surface area contributed by atoms with Crippen LogP contribution in [0.3, 0.4) is 0 Å². The summed E-state index contributed by atoms with van der Waals surface area (Å²) in [4.78, 5) is 13.0. The van der Waals surface area contributed by atoms with Gasteiger partial charge in [-0.1, -0.05) is 0 Å². The first-order valence-corrected chi connectivity index (χ1v) is 3.13. The highest BCUT2D eigenvalue weighted by atomic mass is 16.5. The van der Waals surface area contributed by atoms with Crippen molar-refractivity contribution in [2.75, 3.05) is 7.11 Å². The molecular formula is C7H9NO3. The molecule has 60 valence electrons. The van der Waals surface area contributed by atoms with E-state index in [9.17, 15) is 4.79 Å². The number of carboxylic acids is 1. The van der Waals surface area contributed by atoms with Crippen LogP contribution >= 0.6 is 0 Å². The van der Waals surface area contributed by atoms with Crippen molar-refractivity contribution in [3.05, 3.63) is 23.5 Å². The molecule has 0 atom stereocenters. The number of hydrogen-bond donors (Lipinski definition) is 2. The van der Waals surface area contributed by atoms with Crippen LogP contribution in [0.5, 0.6) is 0 Å². The van der Waals surface area contributed by atoms with Crippen molar-refractivity contribution in [1.29, 1.82) is 0 Å². The van der Waals surface area contributed by atoms with Crippen LogP contribution in [0.2, 0.25) is 0 Å². The monoisotopic (exact) mass is 155 g/mol. The third kappa shape index (κ3) is 1.81. The topological polar surface area (TPSA) is 62.3 Å². The third-order valence-corrected chi connectivity index (χ3v) is 1.28. The van der Waals surface area contributed by atoms with Crippen molar-refractivity contribution in [1.82, 2.24) is 4.98 Å². The third-order valence-electron chi connectivity index (χ3n) is 1.28. The summed E-state index contributed by atoms with van der Waals surface area (Å²) in [7, 11) is 1.56. The fourth-order valence-electron chi connectivity index (χ4n) is 0.813. The lowest BCUT2D eigenvalue weighted by Crippen LogP contribution is -1.94. The van der Waals surface area contributed by atoms with E-state index in [1.54, 1.807) is 19.4 Å². The van der Waals surface area contributed by atoms with Crippen molar-refractivity contribution >= 4 is 5.97 Å². The number of aromatic nitrogens is 1. The summed E-state index contributed by atoms with van der Waals surface area (Å²) in [5.74, 6) is -0.952. The molecule has 1 rings (SSSR count). The van der Waals surface area contributed by atoms with Gasteiger partial charge in [0, 0.05) is 13.3 Å². The van der Waals surface area contributed by atoms with Gasteiger partial charge in [-0.05, 0) is 11.6 Å². The van der Waals surface area contributed by atoms with E-state index in [1.165, 1.54) is 0 Å². The number of carboxylic acid groups (broad SMARTS) is 1. The number of methoxy groups -OCH3 is 1. The normalized spacial score (nSPS) is 9.91. The average Bonchev–Trinajstić information content (AvgIpc) is 2.37. The van der Waals surface area contributed by atoms with Gasteiger partial charge in [0.25, 0.3) is 0 Å². The van der Waals surface area contributed by atoms with E-state index in [4.69, 9.17) is 9.84 Å². The molecule has 0 saturated carbocycles. The van der Waals surface area contributed by atoms with E-state index in [2.05, 4.69) is 4.98 Å². The Balaban J connectivity index is 2.73. The molecule has 1 aromatic rings. The molecule has 4 nitrogen and oxygen atoms in total. The number of carbonyl (C=O) groups is 1. The molecule has 0 bridgehead atoms. The van der Waals surface area contributed by atoms with Crippen molar-refractivity contribution in [3.63, 3.8) is 0 Å². The molecule has 0 fully saturated rings. The maximum atomic E-state index is 10.3. The van der Waals surface area contributed by atoms with Crippen LogP contribution in [0.15, 0.2) is 12.3 Å². The van der Waals surface area contributed by atoms with Crippen molar-refractivity contribution < 1.29 is 14.6 Å². The zero-order valence-corrected chi connectivity index (χ0v) is 6.13. The summed E-state index contributed by atoms with van der Waals surface area (Å²) < 4.78 is 4.81. The van der Waals surface area contributed by atoms with E-state index in [0.717, 1.165) is 5.56 Å². The molecule has 1 aromatic heterocycles. The molecule has 0 aliphatic carbocycles. The van der Waals surface area contributed by atoms with Gasteiger partial charge >= 0.3 is 5.97 Å². The van der Waals surface area contributed by atoms with Crippen LogP contribution in [-0.2, 0) is 11.3 Å². The summed E-state index contributed by atoms with van der Waals surface area (Å²) in [6.07, 6.45) is 1.62. The van der Waals surface area contributed by atoms with Gasteiger partial charge in [0.05, 0.1) is 6.61 Å². The second-order valence-electron chi connectivity index (χ2n) is 2.16. The predicted molar refractivity (Wildman–Crippen MR) is 38.5 cm³/mol. The second-order valence-corrected chi connectivity index (χ2v) is 2.16. The first kappa shape index (κ1) is 7.81. The smallest absolute Gasteiger partial charge is 0.352 e. The molecule has 0 radical (unpaired) electrons. The Morgan fingerprint density at radius 2 is 2.55 bits per heavy atom. The van der Waals surface area contributed by atoms with Crippen molar-refractivity contribution in [3.8, 4) is 0 Å². The van der Waals surface area contributed by atoms with Gasteiger partial charge in [-0.25, -0.2) is 4.79 Å². The van der Waals surface area contributed by atoms with Gasteiger partial charge in [-0.15, -0.1) is 0 Å². The first-order chi connectivity index (χ1) is 5.24. The number of ether oxygens (including phenoxy) is 1. The minimum atomic E-state index is -0.952. The Morgan fingerprint density at radius 1 is 1.82 bits per heavy atom. The van der Waals surface area contributed by atoms with Gasteiger partial charge in [0.1, 0.15) is 5.69 Å². The zero-order chi connectivity index (χ0) is 8.27. The lowest BCUT2D eigenvalue weighted by atomic mass is 10.3. The second kappa shape index (κ2) is 3.21. The molecule has 11 heavy (non-hydrogen) atoms. The maximum absolute atomic E-state index is 10.3. The van der Waals surface area contributed by atoms with Crippen LogP contribution in [0.4, 0.5) is 0 Å². The quantitative estimate of drug-likeness (QED) is 0.680. The summed E-state index contributed by atoms with van der Waals surface area (Å²) in [6.45, 7) is 0.434. The van der Waals surface area contributed by atoms with Crippen LogP contribution in [0, 0.1) is 0 Å². The van der Waals surface area contributed by atoms with Gasteiger partial charge in [-0.3, -0.25) is 0 Å². The highest BCUT2D eigenvalue weighted by molar-refractivity contribution is 5.85. The first-order valence-electron chi connectivity index (χ1n) is 3.13. The molecule has 4 heteroatoms. The molecule has 0 aliphatic rings. The summed E-state index contributed by atoms with van der Waals surface area (Å²) in [6, 6.07) is 1.55.